The Morgan fingerprint density at radius 2 is 2.08 bits per heavy atom. The molecule has 10 nitrogen and oxygen atoms in total. The van der Waals surface area contributed by atoms with Gasteiger partial charge in [0.2, 0.25) is 0 Å². The number of nitrogens with one attached hydrogen (secondary N) is 1. The van der Waals surface area contributed by atoms with E-state index in [0.29, 0.717) is 25.9 Å². The molecule has 24 heavy (non-hydrogen) atoms. The van der Waals surface area contributed by atoms with Crippen LogP contribution in [0.1, 0.15) is 12.8 Å². The summed E-state index contributed by atoms with van der Waals surface area (Å²) < 4.78 is 27.8. The van der Waals surface area contributed by atoms with Gasteiger partial charge in [0.1, 0.15) is 5.54 Å². The molecule has 0 aromatic rings. The van der Waals surface area contributed by atoms with E-state index in [9.17, 15) is 18.3 Å². The van der Waals surface area contributed by atoms with E-state index in [1.54, 1.807) is 0 Å². The Kier molecular flexibility index (Phi) is 5.90. The predicted molar refractivity (Wildman–Crippen MR) is 87.2 cm³/mol. The molecule has 2 saturated heterocycles. The minimum Gasteiger partial charge on any atom is -0.480 e. The molecule has 2 heterocycles. The minimum absolute atomic E-state index is 0.0111. The average molecular weight is 364 g/mol. The third-order valence-electron chi connectivity index (χ3n) is 4.97. The Morgan fingerprint density at radius 1 is 1.46 bits per heavy atom. The third kappa shape index (κ3) is 3.74. The number of rotatable bonds is 8. The summed E-state index contributed by atoms with van der Waals surface area (Å²) in [6, 6.07) is -0.143. The number of hydrogen-bond acceptors (Lipinski definition) is 7. The van der Waals surface area contributed by atoms with Gasteiger partial charge >= 0.3 is 13.1 Å². The largest absolute Gasteiger partial charge is 0.480 e. The van der Waals surface area contributed by atoms with E-state index >= 15 is 0 Å². The van der Waals surface area contributed by atoms with Gasteiger partial charge in [-0.1, -0.05) is 6.42 Å². The van der Waals surface area contributed by atoms with Crippen LogP contribution in [0.4, 0.5) is 0 Å². The Morgan fingerprint density at radius 3 is 2.54 bits per heavy atom. The highest BCUT2D eigenvalue weighted by Crippen LogP contribution is 2.33. The summed E-state index contributed by atoms with van der Waals surface area (Å²) >= 11 is 0. The lowest BCUT2D eigenvalue weighted by Gasteiger charge is -2.36. The van der Waals surface area contributed by atoms with Gasteiger partial charge < -0.3 is 26.2 Å². The monoisotopic (exact) mass is 364 g/mol. The Balaban J connectivity index is 2.11. The average Bonchev–Trinajstić information content (AvgIpc) is 2.76. The smallest absolute Gasteiger partial charge is 0.451 e. The van der Waals surface area contributed by atoms with E-state index in [1.807, 2.05) is 0 Å². The van der Waals surface area contributed by atoms with E-state index in [4.69, 9.17) is 15.8 Å². The van der Waals surface area contributed by atoms with Gasteiger partial charge in [0.25, 0.3) is 10.2 Å². The van der Waals surface area contributed by atoms with Gasteiger partial charge in [0.05, 0.1) is 6.04 Å². The number of carboxylic acids is 1. The van der Waals surface area contributed by atoms with E-state index in [1.165, 1.54) is 11.4 Å². The summed E-state index contributed by atoms with van der Waals surface area (Å²) in [4.78, 5) is 11.6. The second-order valence-electron chi connectivity index (χ2n) is 6.58. The Bertz CT molecular complexity index is 572. The molecule has 138 valence electrons. The zero-order valence-electron chi connectivity index (χ0n) is 13.6. The molecule has 12 heteroatoms. The molecule has 2 aliphatic heterocycles. The number of nitrogens with zero attached hydrogens (tertiary/aromatic N) is 2. The number of aliphatic carboxylic acids is 1. The van der Waals surface area contributed by atoms with Crippen LogP contribution in [0.3, 0.4) is 0 Å². The number of carbonyl (C=O) groups is 1. The molecule has 6 N–H and O–H groups in total. The fraction of sp³-hybridized carbons (Fsp3) is 0.917. The van der Waals surface area contributed by atoms with Gasteiger partial charge in [-0.2, -0.15) is 17.0 Å². The number of carboxylic acid groups (broad SMARTS) is 1. The zero-order chi connectivity index (χ0) is 18.1. The van der Waals surface area contributed by atoms with Crippen LogP contribution in [0, 0.1) is 5.92 Å². The van der Waals surface area contributed by atoms with Crippen LogP contribution in [0.5, 0.6) is 0 Å². The maximum absolute atomic E-state index is 12.7. The lowest BCUT2D eigenvalue weighted by molar-refractivity contribution is -0.144. The highest BCUT2D eigenvalue weighted by atomic mass is 32.2. The number of likely N-dealkylation sites (N-methyl/N-ethyl adjacent to an activating group) is 1. The van der Waals surface area contributed by atoms with Crippen molar-refractivity contribution in [2.24, 2.45) is 11.7 Å². The SMILES string of the molecule is CN(C1CNC1)S(=O)(=O)N1C[C@@H](CCCB(O)O)[C@@](N)(C(=O)O)C1. The molecule has 0 radical (unpaired) electrons. The van der Waals surface area contributed by atoms with Gasteiger partial charge in [-0.3, -0.25) is 4.79 Å². The van der Waals surface area contributed by atoms with Gasteiger partial charge in [0, 0.05) is 39.1 Å². The standard InChI is InChI=1S/C12H25BN4O6S/c1-16(10-5-15-6-10)24(22,23)17-7-9(3-2-4-13(20)21)12(14,8-17)11(18)19/h9-10,15,20-21H,2-8,14H2,1H3,(H,18,19)/t9-,12-/m1/s1. The first-order chi connectivity index (χ1) is 11.1. The van der Waals surface area contributed by atoms with Crippen molar-refractivity contribution < 1.29 is 28.4 Å². The first-order valence-electron chi connectivity index (χ1n) is 7.91. The van der Waals surface area contributed by atoms with Gasteiger partial charge in [-0.25, -0.2) is 0 Å². The highest BCUT2D eigenvalue weighted by molar-refractivity contribution is 7.86. The van der Waals surface area contributed by atoms with Crippen LogP contribution < -0.4 is 11.1 Å². The van der Waals surface area contributed by atoms with Gasteiger partial charge in [-0.15, -0.1) is 0 Å². The van der Waals surface area contributed by atoms with Crippen molar-refractivity contribution in [3.8, 4) is 0 Å². The van der Waals surface area contributed by atoms with Crippen LogP contribution in [0.2, 0.25) is 6.32 Å². The van der Waals surface area contributed by atoms with Crippen LogP contribution in [0.15, 0.2) is 0 Å². The maximum Gasteiger partial charge on any atom is 0.451 e. The first-order valence-corrected chi connectivity index (χ1v) is 9.31. The summed E-state index contributed by atoms with van der Waals surface area (Å²) in [5, 5.41) is 30.3. The first kappa shape index (κ1) is 19.6. The molecular weight excluding hydrogens is 339 g/mol. The molecule has 0 saturated carbocycles. The van der Waals surface area contributed by atoms with Gasteiger partial charge in [0.15, 0.2) is 0 Å². The third-order valence-corrected chi connectivity index (χ3v) is 6.92. The fourth-order valence-corrected chi connectivity index (χ4v) is 4.74. The van der Waals surface area contributed by atoms with Crippen LogP contribution >= 0.6 is 0 Å². The number of nitrogens with two attached hydrogens (primary N) is 1. The molecule has 0 bridgehead atoms. The normalized spacial score (nSPS) is 29.0. The summed E-state index contributed by atoms with van der Waals surface area (Å²) in [5.74, 6) is -1.83. The van der Waals surface area contributed by atoms with Crippen molar-refractivity contribution >= 4 is 23.3 Å². The van der Waals surface area contributed by atoms with E-state index < -0.39 is 34.8 Å². The highest BCUT2D eigenvalue weighted by Gasteiger charge is 2.53. The Labute approximate surface area is 141 Å². The van der Waals surface area contributed by atoms with Gasteiger partial charge in [-0.05, 0) is 12.7 Å². The number of hydrogen-bond donors (Lipinski definition) is 5. The summed E-state index contributed by atoms with van der Waals surface area (Å²) in [5.41, 5.74) is 4.34. The van der Waals surface area contributed by atoms with Crippen molar-refractivity contribution in [2.75, 3.05) is 33.2 Å². The van der Waals surface area contributed by atoms with Crippen LogP contribution in [0.25, 0.3) is 0 Å². The Hall–Kier alpha value is -0.755. The summed E-state index contributed by atoms with van der Waals surface area (Å²) in [6.07, 6.45) is 0.749. The summed E-state index contributed by atoms with van der Waals surface area (Å²) in [6.45, 7) is 0.848. The van der Waals surface area contributed by atoms with Crippen LogP contribution in [-0.2, 0) is 15.0 Å². The maximum atomic E-state index is 12.7. The van der Waals surface area contributed by atoms with Crippen molar-refractivity contribution in [1.82, 2.24) is 13.9 Å². The van der Waals surface area contributed by atoms with Crippen molar-refractivity contribution in [1.29, 1.82) is 0 Å². The second-order valence-corrected chi connectivity index (χ2v) is 8.57. The molecule has 2 fully saturated rings. The minimum atomic E-state index is -3.79. The molecule has 2 atom stereocenters. The van der Waals surface area contributed by atoms with E-state index in [2.05, 4.69) is 5.32 Å². The molecule has 2 aliphatic rings. The molecule has 2 rings (SSSR count). The van der Waals surface area contributed by atoms with E-state index in [-0.39, 0.29) is 25.5 Å². The molecular formula is C12H25BN4O6S. The molecule has 0 aromatic heterocycles. The predicted octanol–water partition coefficient (Wildman–Crippen LogP) is -2.90. The lowest BCUT2D eigenvalue weighted by atomic mass is 9.78. The lowest BCUT2D eigenvalue weighted by Crippen LogP contribution is -2.60. The summed E-state index contributed by atoms with van der Waals surface area (Å²) in [7, 11) is -3.78. The van der Waals surface area contributed by atoms with Crippen molar-refractivity contribution in [2.45, 2.75) is 30.7 Å². The molecule has 0 unspecified atom stereocenters. The van der Waals surface area contributed by atoms with E-state index in [0.717, 1.165) is 4.31 Å². The topological polar surface area (TPSA) is 156 Å². The van der Waals surface area contributed by atoms with Crippen molar-refractivity contribution in [3.05, 3.63) is 0 Å². The zero-order valence-corrected chi connectivity index (χ0v) is 14.4. The molecule has 0 aromatic carbocycles. The van der Waals surface area contributed by atoms with Crippen LogP contribution in [-0.4, -0.2) is 90.1 Å². The molecule has 0 aliphatic carbocycles. The fourth-order valence-electron chi connectivity index (χ4n) is 3.11. The second kappa shape index (κ2) is 7.24. The molecule has 0 amide bonds. The molecule has 0 spiro atoms. The van der Waals surface area contributed by atoms with Crippen molar-refractivity contribution in [3.63, 3.8) is 0 Å². The quantitative estimate of drug-likeness (QED) is 0.287.